The Morgan fingerprint density at radius 1 is 1.08 bits per heavy atom. The summed E-state index contributed by atoms with van der Waals surface area (Å²) in [6, 6.07) is 8.49. The third-order valence-electron chi connectivity index (χ3n) is 5.60. The molecule has 6 amide bonds. The van der Waals surface area contributed by atoms with Gasteiger partial charge in [0.05, 0.1) is 0 Å². The van der Waals surface area contributed by atoms with Crippen molar-refractivity contribution in [2.24, 2.45) is 0 Å². The van der Waals surface area contributed by atoms with Gasteiger partial charge in [0, 0.05) is 40.5 Å². The van der Waals surface area contributed by atoms with Crippen LogP contribution in [0.1, 0.15) is 24.0 Å². The van der Waals surface area contributed by atoms with E-state index in [4.69, 9.17) is 23.2 Å². The quantitative estimate of drug-likeness (QED) is 0.424. The first-order chi connectivity index (χ1) is 17.1. The number of anilines is 2. The molecule has 1 saturated heterocycles. The van der Waals surface area contributed by atoms with Crippen LogP contribution in [-0.4, -0.2) is 40.6 Å². The molecule has 4 N–H and O–H groups in total. The number of halogens is 2. The van der Waals surface area contributed by atoms with Crippen molar-refractivity contribution in [1.82, 2.24) is 15.5 Å². The SMILES string of the molecule is Cc1ccc(NC(=O)NCc2cc(Cl)cc(NC3=CC(=O)N(C4CCC(=O)NC4=O)C3=O)c2)cc1Cl. The minimum atomic E-state index is -1.06. The van der Waals surface area contributed by atoms with Crippen LogP contribution < -0.4 is 21.3 Å². The molecule has 2 aliphatic rings. The number of rotatable bonds is 6. The van der Waals surface area contributed by atoms with Crippen molar-refractivity contribution in [2.75, 3.05) is 10.6 Å². The molecule has 2 aliphatic heterocycles. The fraction of sp³-hybridized carbons (Fsp3) is 0.208. The molecule has 0 aromatic heterocycles. The summed E-state index contributed by atoms with van der Waals surface area (Å²) in [5.74, 6) is -2.48. The highest BCUT2D eigenvalue weighted by Gasteiger charge is 2.42. The lowest BCUT2D eigenvalue weighted by Crippen LogP contribution is -2.54. The third kappa shape index (κ3) is 5.67. The van der Waals surface area contributed by atoms with Crippen molar-refractivity contribution in [3.63, 3.8) is 0 Å². The van der Waals surface area contributed by atoms with Crippen molar-refractivity contribution in [2.45, 2.75) is 32.4 Å². The van der Waals surface area contributed by atoms with E-state index in [-0.39, 0.29) is 25.1 Å². The molecule has 0 aliphatic carbocycles. The van der Waals surface area contributed by atoms with Gasteiger partial charge in [-0.2, -0.15) is 0 Å². The van der Waals surface area contributed by atoms with Crippen LogP contribution in [0.4, 0.5) is 16.2 Å². The predicted octanol–water partition coefficient (Wildman–Crippen LogP) is 3.09. The topological polar surface area (TPSA) is 137 Å². The minimum Gasteiger partial charge on any atom is -0.351 e. The van der Waals surface area contributed by atoms with E-state index in [9.17, 15) is 24.0 Å². The Morgan fingerprint density at radius 2 is 1.86 bits per heavy atom. The normalized spacial score (nSPS) is 17.6. The number of amides is 6. The highest BCUT2D eigenvalue weighted by molar-refractivity contribution is 6.31. The summed E-state index contributed by atoms with van der Waals surface area (Å²) in [6.45, 7) is 1.98. The molecule has 1 unspecified atom stereocenters. The van der Waals surface area contributed by atoms with Gasteiger partial charge in [-0.3, -0.25) is 29.4 Å². The molecule has 2 aromatic rings. The highest BCUT2D eigenvalue weighted by atomic mass is 35.5. The first kappa shape index (κ1) is 25.2. The number of carbonyl (C=O) groups excluding carboxylic acids is 5. The van der Waals surface area contributed by atoms with E-state index >= 15 is 0 Å². The Bertz CT molecular complexity index is 1330. The van der Waals surface area contributed by atoms with E-state index in [1.807, 2.05) is 6.92 Å². The molecular weight excluding hydrogens is 509 g/mol. The number of nitrogens with zero attached hydrogens (tertiary/aromatic N) is 1. The number of carbonyl (C=O) groups is 5. The third-order valence-corrected chi connectivity index (χ3v) is 6.22. The zero-order chi connectivity index (χ0) is 26.0. The molecule has 0 radical (unpaired) electrons. The molecule has 2 aromatic carbocycles. The van der Waals surface area contributed by atoms with E-state index < -0.39 is 35.7 Å². The van der Waals surface area contributed by atoms with Gasteiger partial charge in [-0.15, -0.1) is 0 Å². The maximum absolute atomic E-state index is 12.9. The average molecular weight is 530 g/mol. The van der Waals surface area contributed by atoms with Gasteiger partial charge in [0.15, 0.2) is 0 Å². The number of aryl methyl sites for hydroxylation is 1. The van der Waals surface area contributed by atoms with E-state index in [0.29, 0.717) is 27.0 Å². The highest BCUT2D eigenvalue weighted by Crippen LogP contribution is 2.25. The Morgan fingerprint density at radius 3 is 2.58 bits per heavy atom. The van der Waals surface area contributed by atoms with Gasteiger partial charge >= 0.3 is 6.03 Å². The number of imide groups is 2. The lowest BCUT2D eigenvalue weighted by Gasteiger charge is -2.28. The first-order valence-corrected chi connectivity index (χ1v) is 11.7. The molecule has 12 heteroatoms. The fourth-order valence-electron chi connectivity index (χ4n) is 3.81. The van der Waals surface area contributed by atoms with Crippen LogP contribution in [0.5, 0.6) is 0 Å². The second-order valence-corrected chi connectivity index (χ2v) is 9.13. The maximum Gasteiger partial charge on any atom is 0.319 e. The van der Waals surface area contributed by atoms with Crippen molar-refractivity contribution >= 4 is 64.2 Å². The Labute approximate surface area is 216 Å². The number of benzene rings is 2. The summed E-state index contributed by atoms with van der Waals surface area (Å²) in [4.78, 5) is 61.9. The van der Waals surface area contributed by atoms with E-state index in [2.05, 4.69) is 21.3 Å². The molecule has 10 nitrogen and oxygen atoms in total. The van der Waals surface area contributed by atoms with Gasteiger partial charge in [0.25, 0.3) is 11.8 Å². The van der Waals surface area contributed by atoms with Crippen LogP contribution >= 0.6 is 23.2 Å². The summed E-state index contributed by atoms with van der Waals surface area (Å²) < 4.78 is 0. The molecule has 4 rings (SSSR count). The molecule has 0 spiro atoms. The molecule has 0 bridgehead atoms. The van der Waals surface area contributed by atoms with Gasteiger partial charge < -0.3 is 16.0 Å². The van der Waals surface area contributed by atoms with Gasteiger partial charge in [-0.1, -0.05) is 29.3 Å². The number of hydrogen-bond donors (Lipinski definition) is 4. The van der Waals surface area contributed by atoms with Gasteiger partial charge in [-0.05, 0) is 54.8 Å². The van der Waals surface area contributed by atoms with Crippen LogP contribution in [0.15, 0.2) is 48.2 Å². The van der Waals surface area contributed by atoms with Gasteiger partial charge in [-0.25, -0.2) is 4.79 Å². The summed E-state index contributed by atoms with van der Waals surface area (Å²) in [7, 11) is 0. The molecular formula is C24H21Cl2N5O5. The van der Waals surface area contributed by atoms with Crippen molar-refractivity contribution in [3.8, 4) is 0 Å². The summed E-state index contributed by atoms with van der Waals surface area (Å²) >= 11 is 12.3. The predicted molar refractivity (Wildman–Crippen MR) is 133 cm³/mol. The van der Waals surface area contributed by atoms with Crippen molar-refractivity contribution < 1.29 is 24.0 Å². The zero-order valence-electron chi connectivity index (χ0n) is 19.0. The summed E-state index contributed by atoms with van der Waals surface area (Å²) in [5, 5.41) is 11.3. The Kier molecular flexibility index (Phi) is 7.27. The Balaban J connectivity index is 1.39. The Hall–Kier alpha value is -3.89. The summed E-state index contributed by atoms with van der Waals surface area (Å²) in [5.41, 5.74) is 2.41. The molecule has 1 atom stereocenters. The first-order valence-electron chi connectivity index (χ1n) is 10.9. The molecule has 0 saturated carbocycles. The van der Waals surface area contributed by atoms with Crippen molar-refractivity contribution in [1.29, 1.82) is 0 Å². The number of hydrogen-bond acceptors (Lipinski definition) is 6. The van der Waals surface area contributed by atoms with Crippen LogP contribution in [-0.2, 0) is 25.7 Å². The standard InChI is InChI=1S/C24H21Cl2N5O5/c1-12-2-3-15(9-17(12)26)29-24(36)27-11-13-6-14(25)8-16(7-13)28-18-10-21(33)31(23(18)35)19-4-5-20(32)30-22(19)34/h2-3,6-10,19,28H,4-5,11H2,1H3,(H2,27,29,36)(H,30,32,34). The number of piperidine rings is 1. The van der Waals surface area contributed by atoms with Crippen LogP contribution in [0.25, 0.3) is 0 Å². The monoisotopic (exact) mass is 529 g/mol. The average Bonchev–Trinajstić information content (AvgIpc) is 3.07. The number of nitrogens with one attached hydrogen (secondary N) is 4. The molecule has 186 valence electrons. The van der Waals surface area contributed by atoms with Crippen LogP contribution in [0.3, 0.4) is 0 Å². The maximum atomic E-state index is 12.9. The van der Waals surface area contributed by atoms with Crippen LogP contribution in [0, 0.1) is 6.92 Å². The lowest BCUT2D eigenvalue weighted by molar-refractivity contribution is -0.149. The van der Waals surface area contributed by atoms with Gasteiger partial charge in [0.2, 0.25) is 11.8 Å². The molecule has 2 heterocycles. The molecule has 1 fully saturated rings. The van der Waals surface area contributed by atoms with Crippen molar-refractivity contribution in [3.05, 3.63) is 69.3 Å². The zero-order valence-corrected chi connectivity index (χ0v) is 20.5. The van der Waals surface area contributed by atoms with E-state index in [1.54, 1.807) is 36.4 Å². The molecule has 36 heavy (non-hydrogen) atoms. The second-order valence-electron chi connectivity index (χ2n) is 8.28. The smallest absolute Gasteiger partial charge is 0.319 e. The largest absolute Gasteiger partial charge is 0.351 e. The van der Waals surface area contributed by atoms with E-state index in [1.165, 1.54) is 0 Å². The lowest BCUT2D eigenvalue weighted by atomic mass is 10.0. The fourth-order valence-corrected chi connectivity index (χ4v) is 4.24. The minimum absolute atomic E-state index is 0.0331. The second kappa shape index (κ2) is 10.4. The van der Waals surface area contributed by atoms with Gasteiger partial charge in [0.1, 0.15) is 11.7 Å². The van der Waals surface area contributed by atoms with Crippen LogP contribution in [0.2, 0.25) is 10.0 Å². The summed E-state index contributed by atoms with van der Waals surface area (Å²) in [6.07, 6.45) is 1.18. The number of urea groups is 1. The van der Waals surface area contributed by atoms with E-state index in [0.717, 1.165) is 16.5 Å².